The summed E-state index contributed by atoms with van der Waals surface area (Å²) in [6.45, 7) is 3.73. The van der Waals surface area contributed by atoms with Gasteiger partial charge in [-0.2, -0.15) is 0 Å². The van der Waals surface area contributed by atoms with Gasteiger partial charge in [0.2, 0.25) is 0 Å². The minimum absolute atomic E-state index is 0.157. The van der Waals surface area contributed by atoms with E-state index in [0.717, 1.165) is 20.6 Å². The molecule has 0 saturated carbocycles. The first-order valence-electron chi connectivity index (χ1n) is 8.90. The van der Waals surface area contributed by atoms with Crippen molar-refractivity contribution in [3.8, 4) is 10.6 Å². The van der Waals surface area contributed by atoms with E-state index in [-0.39, 0.29) is 11.2 Å². The molecule has 2 aromatic carbocycles. The fourth-order valence-corrected chi connectivity index (χ4v) is 4.21. The van der Waals surface area contributed by atoms with Gasteiger partial charge in [0.05, 0.1) is 21.5 Å². The van der Waals surface area contributed by atoms with Crippen molar-refractivity contribution in [1.82, 2.24) is 4.98 Å². The van der Waals surface area contributed by atoms with Crippen LogP contribution in [0.4, 0.5) is 0 Å². The van der Waals surface area contributed by atoms with Gasteiger partial charge < -0.3 is 4.42 Å². The molecular formula is C23H16BrNO3S. The summed E-state index contributed by atoms with van der Waals surface area (Å²) in [6.07, 6.45) is 4.30. The van der Waals surface area contributed by atoms with Crippen molar-refractivity contribution in [2.75, 3.05) is 0 Å². The molecular weight excluding hydrogens is 450 g/mol. The largest absolute Gasteiger partial charge is 0.463 e. The number of hydrogen-bond donors (Lipinski definition) is 0. The standard InChI is InChI=1S/C23H16BrNO3S/c1-13-3-10-20-18(11-13)21(27)16(12-28-20)6-9-19(26)22-14(2)25-23(29-22)15-4-7-17(24)8-5-15/h3-12H,1-2H3/b9-6+. The number of thiazole rings is 1. The molecule has 29 heavy (non-hydrogen) atoms. The lowest BCUT2D eigenvalue weighted by Gasteiger charge is -1.99. The predicted octanol–water partition coefficient (Wildman–Crippen LogP) is 6.19. The fraction of sp³-hybridized carbons (Fsp3) is 0.0870. The van der Waals surface area contributed by atoms with E-state index in [9.17, 15) is 9.59 Å². The molecule has 0 amide bonds. The minimum atomic E-state index is -0.188. The Labute approximate surface area is 179 Å². The van der Waals surface area contributed by atoms with Gasteiger partial charge in [0.25, 0.3) is 0 Å². The highest BCUT2D eigenvalue weighted by atomic mass is 79.9. The molecule has 0 aliphatic rings. The molecule has 0 aliphatic heterocycles. The highest BCUT2D eigenvalue weighted by Crippen LogP contribution is 2.29. The summed E-state index contributed by atoms with van der Waals surface area (Å²) in [6, 6.07) is 13.2. The van der Waals surface area contributed by atoms with Crippen molar-refractivity contribution in [2.45, 2.75) is 13.8 Å². The molecule has 0 saturated heterocycles. The van der Waals surface area contributed by atoms with E-state index >= 15 is 0 Å². The van der Waals surface area contributed by atoms with Crippen molar-refractivity contribution in [2.24, 2.45) is 0 Å². The van der Waals surface area contributed by atoms with Gasteiger partial charge in [-0.3, -0.25) is 9.59 Å². The number of aryl methyl sites for hydroxylation is 2. The number of allylic oxidation sites excluding steroid dienone is 1. The van der Waals surface area contributed by atoms with E-state index in [1.165, 1.54) is 29.8 Å². The third-order valence-corrected chi connectivity index (χ3v) is 6.23. The van der Waals surface area contributed by atoms with Crippen LogP contribution in [0.3, 0.4) is 0 Å². The normalized spacial score (nSPS) is 11.4. The maximum absolute atomic E-state index is 12.7. The Hall–Kier alpha value is -2.83. The number of hydrogen-bond acceptors (Lipinski definition) is 5. The van der Waals surface area contributed by atoms with Crippen LogP contribution in [0.25, 0.3) is 27.6 Å². The van der Waals surface area contributed by atoms with Crippen LogP contribution in [0, 0.1) is 13.8 Å². The molecule has 0 fully saturated rings. The molecule has 4 rings (SSSR count). The monoisotopic (exact) mass is 465 g/mol. The number of rotatable bonds is 4. The zero-order chi connectivity index (χ0) is 20.5. The summed E-state index contributed by atoms with van der Waals surface area (Å²) in [5.41, 5.74) is 3.31. The Morgan fingerprint density at radius 2 is 1.90 bits per heavy atom. The highest BCUT2D eigenvalue weighted by Gasteiger charge is 2.15. The van der Waals surface area contributed by atoms with E-state index in [1.807, 2.05) is 44.2 Å². The number of carbonyl (C=O) groups excluding carboxylic acids is 1. The van der Waals surface area contributed by atoms with Crippen LogP contribution in [0.2, 0.25) is 0 Å². The van der Waals surface area contributed by atoms with Gasteiger partial charge in [-0.15, -0.1) is 11.3 Å². The number of nitrogens with zero attached hydrogens (tertiary/aromatic N) is 1. The topological polar surface area (TPSA) is 60.2 Å². The zero-order valence-corrected chi connectivity index (χ0v) is 18.1. The molecule has 0 aliphatic carbocycles. The molecule has 0 atom stereocenters. The van der Waals surface area contributed by atoms with Crippen LogP contribution < -0.4 is 5.43 Å². The summed E-state index contributed by atoms with van der Waals surface area (Å²) >= 11 is 4.76. The lowest BCUT2D eigenvalue weighted by molar-refractivity contribution is 0.105. The maximum atomic E-state index is 12.7. The third kappa shape index (κ3) is 3.99. The Balaban J connectivity index is 1.64. The van der Waals surface area contributed by atoms with E-state index < -0.39 is 0 Å². The first kappa shape index (κ1) is 19.5. The molecule has 4 aromatic rings. The molecule has 2 heterocycles. The van der Waals surface area contributed by atoms with Gasteiger partial charge in [-0.05, 0) is 50.3 Å². The molecule has 2 aromatic heterocycles. The van der Waals surface area contributed by atoms with Gasteiger partial charge in [-0.25, -0.2) is 4.98 Å². The predicted molar refractivity (Wildman–Crippen MR) is 121 cm³/mol. The van der Waals surface area contributed by atoms with Crippen LogP contribution >= 0.6 is 27.3 Å². The first-order chi connectivity index (χ1) is 13.9. The summed E-state index contributed by atoms with van der Waals surface area (Å²) in [5.74, 6) is -0.188. The zero-order valence-electron chi connectivity index (χ0n) is 15.7. The maximum Gasteiger partial charge on any atom is 0.199 e. The van der Waals surface area contributed by atoms with Crippen LogP contribution in [0.5, 0.6) is 0 Å². The molecule has 0 N–H and O–H groups in total. The molecule has 0 radical (unpaired) electrons. The summed E-state index contributed by atoms with van der Waals surface area (Å²) in [7, 11) is 0. The average molecular weight is 466 g/mol. The van der Waals surface area contributed by atoms with Crippen LogP contribution in [-0.4, -0.2) is 10.8 Å². The first-order valence-corrected chi connectivity index (χ1v) is 10.5. The summed E-state index contributed by atoms with van der Waals surface area (Å²) in [4.78, 5) is 30.5. The molecule has 4 nitrogen and oxygen atoms in total. The molecule has 0 bridgehead atoms. The van der Waals surface area contributed by atoms with Gasteiger partial charge in [0.15, 0.2) is 11.2 Å². The SMILES string of the molecule is Cc1ccc2occ(/C=C/C(=O)c3sc(-c4ccc(Br)cc4)nc3C)c(=O)c2c1. The second-order valence-corrected chi connectivity index (χ2v) is 8.57. The Kier molecular flexibility index (Phi) is 5.30. The van der Waals surface area contributed by atoms with E-state index in [1.54, 1.807) is 12.1 Å². The van der Waals surface area contributed by atoms with Gasteiger partial charge in [0, 0.05) is 10.0 Å². The molecule has 144 valence electrons. The quantitative estimate of drug-likeness (QED) is 0.266. The second-order valence-electron chi connectivity index (χ2n) is 6.66. The van der Waals surface area contributed by atoms with Crippen molar-refractivity contribution < 1.29 is 9.21 Å². The Bertz CT molecular complexity index is 1320. The van der Waals surface area contributed by atoms with Crippen molar-refractivity contribution >= 4 is 50.1 Å². The van der Waals surface area contributed by atoms with Crippen molar-refractivity contribution in [3.05, 3.63) is 91.2 Å². The van der Waals surface area contributed by atoms with Crippen molar-refractivity contribution in [3.63, 3.8) is 0 Å². The number of aromatic nitrogens is 1. The lowest BCUT2D eigenvalue weighted by atomic mass is 10.1. The van der Waals surface area contributed by atoms with E-state index in [4.69, 9.17) is 4.42 Å². The second kappa shape index (κ2) is 7.89. The van der Waals surface area contributed by atoms with E-state index in [2.05, 4.69) is 20.9 Å². The Morgan fingerprint density at radius 3 is 2.66 bits per heavy atom. The average Bonchev–Trinajstić information content (AvgIpc) is 3.10. The number of carbonyl (C=O) groups is 1. The van der Waals surface area contributed by atoms with Crippen molar-refractivity contribution in [1.29, 1.82) is 0 Å². The number of fused-ring (bicyclic) bond motifs is 1. The lowest BCUT2D eigenvalue weighted by Crippen LogP contribution is -2.05. The number of benzene rings is 2. The number of ketones is 1. The Morgan fingerprint density at radius 1 is 1.14 bits per heavy atom. The van der Waals surface area contributed by atoms with E-state index in [0.29, 0.717) is 27.1 Å². The van der Waals surface area contributed by atoms with Gasteiger partial charge in [0.1, 0.15) is 16.9 Å². The fourth-order valence-electron chi connectivity index (χ4n) is 2.96. The minimum Gasteiger partial charge on any atom is -0.463 e. The van der Waals surface area contributed by atoms with Crippen LogP contribution in [0.1, 0.15) is 26.5 Å². The summed E-state index contributed by atoms with van der Waals surface area (Å²) < 4.78 is 6.52. The highest BCUT2D eigenvalue weighted by molar-refractivity contribution is 9.10. The number of halogens is 1. The van der Waals surface area contributed by atoms with Gasteiger partial charge in [-0.1, -0.05) is 39.7 Å². The molecule has 0 spiro atoms. The van der Waals surface area contributed by atoms with Crippen LogP contribution in [0.15, 0.2) is 68.5 Å². The van der Waals surface area contributed by atoms with Gasteiger partial charge >= 0.3 is 0 Å². The molecule has 6 heteroatoms. The third-order valence-electron chi connectivity index (χ3n) is 4.48. The molecule has 0 unspecified atom stereocenters. The van der Waals surface area contributed by atoms with Crippen LogP contribution in [-0.2, 0) is 0 Å². The smallest absolute Gasteiger partial charge is 0.199 e. The summed E-state index contributed by atoms with van der Waals surface area (Å²) in [5, 5.41) is 1.29.